The van der Waals surface area contributed by atoms with Crippen LogP contribution in [0, 0.1) is 31.4 Å². The molecule has 0 bridgehead atoms. The molecule has 3 heterocycles. The van der Waals surface area contributed by atoms with Crippen LogP contribution in [0.4, 0.5) is 8.78 Å². The van der Waals surface area contributed by atoms with Gasteiger partial charge in [0.25, 0.3) is 5.56 Å². The summed E-state index contributed by atoms with van der Waals surface area (Å²) >= 11 is 1.48. The summed E-state index contributed by atoms with van der Waals surface area (Å²) in [6.07, 6.45) is 2.40. The Bertz CT molecular complexity index is 1260. The first kappa shape index (κ1) is 22.3. The standard InChI is InChI=1S/C23H23F2N3O3S/c1-13-14(2)32-22-20(13)23(31)28(12-26-22)10-7-19(29)27-8-5-15(6-9-27)21(30)17-11-16(24)3-4-18(17)25/h3-4,11-12,15H,5-10H2,1-2H3. The van der Waals surface area contributed by atoms with Crippen molar-refractivity contribution >= 4 is 33.2 Å². The van der Waals surface area contributed by atoms with Crippen molar-refractivity contribution in [3.8, 4) is 0 Å². The zero-order valence-corrected chi connectivity index (χ0v) is 18.7. The van der Waals surface area contributed by atoms with Gasteiger partial charge in [0.15, 0.2) is 5.78 Å². The molecule has 0 aliphatic carbocycles. The van der Waals surface area contributed by atoms with Crippen LogP contribution in [-0.2, 0) is 11.3 Å². The number of carbonyl (C=O) groups is 2. The van der Waals surface area contributed by atoms with E-state index in [1.165, 1.54) is 22.2 Å². The monoisotopic (exact) mass is 459 g/mol. The lowest BCUT2D eigenvalue weighted by molar-refractivity contribution is -0.132. The maximum atomic E-state index is 13.9. The van der Waals surface area contributed by atoms with Crippen LogP contribution < -0.4 is 5.56 Å². The minimum atomic E-state index is -0.734. The molecule has 32 heavy (non-hydrogen) atoms. The molecular weight excluding hydrogens is 436 g/mol. The molecule has 0 N–H and O–H groups in total. The second-order valence-corrected chi connectivity index (χ2v) is 9.30. The fourth-order valence-electron chi connectivity index (χ4n) is 4.10. The summed E-state index contributed by atoms with van der Waals surface area (Å²) in [4.78, 5) is 45.8. The Morgan fingerprint density at radius 2 is 1.91 bits per heavy atom. The van der Waals surface area contributed by atoms with Crippen LogP contribution >= 0.6 is 11.3 Å². The molecule has 1 amide bonds. The molecule has 0 saturated carbocycles. The Morgan fingerprint density at radius 1 is 1.19 bits per heavy atom. The summed E-state index contributed by atoms with van der Waals surface area (Å²) in [5.41, 5.74) is 0.534. The SMILES string of the molecule is Cc1sc2ncn(CCC(=O)N3CCC(C(=O)c4cc(F)ccc4F)CC3)c(=O)c2c1C. The first-order chi connectivity index (χ1) is 15.3. The van der Waals surface area contributed by atoms with Crippen molar-refractivity contribution in [2.24, 2.45) is 5.92 Å². The van der Waals surface area contributed by atoms with Gasteiger partial charge in [-0.3, -0.25) is 19.0 Å². The van der Waals surface area contributed by atoms with E-state index in [4.69, 9.17) is 0 Å². The Hall–Kier alpha value is -2.94. The van der Waals surface area contributed by atoms with Gasteiger partial charge in [-0.2, -0.15) is 0 Å². The molecule has 2 aromatic heterocycles. The van der Waals surface area contributed by atoms with E-state index in [9.17, 15) is 23.2 Å². The minimum Gasteiger partial charge on any atom is -0.343 e. The first-order valence-electron chi connectivity index (χ1n) is 10.5. The third-order valence-electron chi connectivity index (χ3n) is 6.13. The number of benzene rings is 1. The third kappa shape index (κ3) is 4.21. The van der Waals surface area contributed by atoms with Crippen molar-refractivity contribution < 1.29 is 18.4 Å². The highest BCUT2D eigenvalue weighted by atomic mass is 32.1. The number of hydrogen-bond acceptors (Lipinski definition) is 5. The summed E-state index contributed by atoms with van der Waals surface area (Å²) in [6, 6.07) is 2.86. The van der Waals surface area contributed by atoms with Gasteiger partial charge in [-0.25, -0.2) is 13.8 Å². The number of carbonyl (C=O) groups excluding carboxylic acids is 2. The maximum Gasteiger partial charge on any atom is 0.262 e. The summed E-state index contributed by atoms with van der Waals surface area (Å²) < 4.78 is 28.8. The number of Topliss-reactive ketones (excluding diaryl/α,β-unsaturated/α-hetero) is 1. The lowest BCUT2D eigenvalue weighted by Gasteiger charge is -2.31. The summed E-state index contributed by atoms with van der Waals surface area (Å²) in [6.45, 7) is 4.80. The Labute approximate surface area is 187 Å². The largest absolute Gasteiger partial charge is 0.343 e. The smallest absolute Gasteiger partial charge is 0.262 e. The number of halogens is 2. The first-order valence-corrected chi connectivity index (χ1v) is 11.3. The van der Waals surface area contributed by atoms with Crippen molar-refractivity contribution in [1.29, 1.82) is 0 Å². The molecule has 0 unspecified atom stereocenters. The number of hydrogen-bond donors (Lipinski definition) is 0. The average molecular weight is 460 g/mol. The molecule has 0 atom stereocenters. The highest BCUT2D eigenvalue weighted by Gasteiger charge is 2.29. The second-order valence-electron chi connectivity index (χ2n) is 8.10. The number of nitrogens with zero attached hydrogens (tertiary/aromatic N) is 3. The van der Waals surface area contributed by atoms with Crippen molar-refractivity contribution in [2.45, 2.75) is 39.7 Å². The predicted molar refractivity (Wildman–Crippen MR) is 118 cm³/mol. The molecule has 4 rings (SSSR count). The molecule has 0 radical (unpaired) electrons. The number of piperidine rings is 1. The number of aromatic nitrogens is 2. The normalized spacial score (nSPS) is 14.8. The van der Waals surface area contributed by atoms with Crippen molar-refractivity contribution in [3.05, 3.63) is 62.5 Å². The van der Waals surface area contributed by atoms with Gasteiger partial charge >= 0.3 is 0 Å². The lowest BCUT2D eigenvalue weighted by Crippen LogP contribution is -2.41. The van der Waals surface area contributed by atoms with Gasteiger partial charge in [0, 0.05) is 36.9 Å². The fraction of sp³-hybridized carbons (Fsp3) is 0.391. The van der Waals surface area contributed by atoms with Gasteiger partial charge in [0.2, 0.25) is 5.91 Å². The zero-order valence-electron chi connectivity index (χ0n) is 17.9. The van der Waals surface area contributed by atoms with Gasteiger partial charge in [0.1, 0.15) is 16.5 Å². The van der Waals surface area contributed by atoms with Crippen LogP contribution in [0.25, 0.3) is 10.2 Å². The van der Waals surface area contributed by atoms with E-state index in [2.05, 4.69) is 4.98 Å². The Balaban J connectivity index is 1.36. The van der Waals surface area contributed by atoms with E-state index in [-0.39, 0.29) is 30.0 Å². The highest BCUT2D eigenvalue weighted by Crippen LogP contribution is 2.26. The average Bonchev–Trinajstić information content (AvgIpc) is 3.08. The van der Waals surface area contributed by atoms with E-state index in [0.29, 0.717) is 36.1 Å². The third-order valence-corrected chi connectivity index (χ3v) is 7.25. The van der Waals surface area contributed by atoms with Crippen molar-refractivity contribution in [1.82, 2.24) is 14.5 Å². The Morgan fingerprint density at radius 3 is 2.62 bits per heavy atom. The minimum absolute atomic E-state index is 0.113. The van der Waals surface area contributed by atoms with Crippen LogP contribution in [-0.4, -0.2) is 39.2 Å². The van der Waals surface area contributed by atoms with E-state index < -0.39 is 23.3 Å². The predicted octanol–water partition coefficient (Wildman–Crippen LogP) is 3.86. The maximum absolute atomic E-state index is 13.9. The van der Waals surface area contributed by atoms with E-state index >= 15 is 0 Å². The quantitative estimate of drug-likeness (QED) is 0.543. The van der Waals surface area contributed by atoms with Crippen LogP contribution in [0.3, 0.4) is 0 Å². The molecule has 1 aromatic carbocycles. The number of aryl methyl sites for hydroxylation is 3. The summed E-state index contributed by atoms with van der Waals surface area (Å²) in [7, 11) is 0. The molecule has 1 saturated heterocycles. The number of amides is 1. The Kier molecular flexibility index (Phi) is 6.19. The van der Waals surface area contributed by atoms with Crippen LogP contribution in [0.15, 0.2) is 29.3 Å². The molecule has 6 nitrogen and oxygen atoms in total. The number of fused-ring (bicyclic) bond motifs is 1. The molecule has 1 fully saturated rings. The van der Waals surface area contributed by atoms with E-state index in [1.54, 1.807) is 4.90 Å². The van der Waals surface area contributed by atoms with Gasteiger partial charge in [0.05, 0.1) is 17.3 Å². The number of likely N-dealkylation sites (tertiary alicyclic amines) is 1. The topological polar surface area (TPSA) is 72.3 Å². The molecule has 1 aliphatic rings. The number of thiophene rings is 1. The van der Waals surface area contributed by atoms with Crippen LogP contribution in [0.5, 0.6) is 0 Å². The summed E-state index contributed by atoms with van der Waals surface area (Å²) in [5.74, 6) is -2.38. The van der Waals surface area contributed by atoms with E-state index in [0.717, 1.165) is 28.6 Å². The van der Waals surface area contributed by atoms with Crippen LogP contribution in [0.2, 0.25) is 0 Å². The van der Waals surface area contributed by atoms with Crippen molar-refractivity contribution in [3.63, 3.8) is 0 Å². The second kappa shape index (κ2) is 8.90. The fourth-order valence-corrected chi connectivity index (χ4v) is 5.09. The van der Waals surface area contributed by atoms with Crippen molar-refractivity contribution in [2.75, 3.05) is 13.1 Å². The van der Waals surface area contributed by atoms with E-state index in [1.807, 2.05) is 13.8 Å². The molecule has 9 heteroatoms. The number of rotatable bonds is 5. The molecule has 168 valence electrons. The van der Waals surface area contributed by atoms with Gasteiger partial charge in [-0.1, -0.05) is 0 Å². The van der Waals surface area contributed by atoms with Crippen LogP contribution in [0.1, 0.15) is 40.1 Å². The van der Waals surface area contributed by atoms with Gasteiger partial charge < -0.3 is 4.90 Å². The molecule has 1 aliphatic heterocycles. The lowest BCUT2D eigenvalue weighted by atomic mass is 9.88. The summed E-state index contributed by atoms with van der Waals surface area (Å²) in [5, 5.41) is 0.603. The highest BCUT2D eigenvalue weighted by molar-refractivity contribution is 7.18. The molecule has 0 spiro atoms. The zero-order chi connectivity index (χ0) is 23.0. The van der Waals surface area contributed by atoms with Gasteiger partial charge in [-0.05, 0) is 50.5 Å². The molecular formula is C23H23F2N3O3S. The molecule has 3 aromatic rings. The van der Waals surface area contributed by atoms with Gasteiger partial charge in [-0.15, -0.1) is 11.3 Å². The number of ketones is 1.